The first kappa shape index (κ1) is 18.3. The average molecular weight is 307 g/mol. The SMILES string of the molecule is CCN(C)c1cccc(NC(=O)N(CC(C)(C)O)C(C)C)c1. The Bertz CT molecular complexity index is 495. The molecule has 5 nitrogen and oxygen atoms in total. The molecule has 1 rings (SSSR count). The third kappa shape index (κ3) is 5.56. The van der Waals surface area contributed by atoms with Gasteiger partial charge in [-0.25, -0.2) is 4.79 Å². The highest BCUT2D eigenvalue weighted by atomic mass is 16.3. The molecule has 22 heavy (non-hydrogen) atoms. The van der Waals surface area contributed by atoms with Gasteiger partial charge in [-0.15, -0.1) is 0 Å². The fraction of sp³-hybridized carbons (Fsp3) is 0.588. The van der Waals surface area contributed by atoms with Crippen molar-refractivity contribution in [2.24, 2.45) is 0 Å². The minimum atomic E-state index is -0.925. The maximum atomic E-state index is 12.5. The van der Waals surface area contributed by atoms with E-state index in [0.29, 0.717) is 0 Å². The van der Waals surface area contributed by atoms with Crippen LogP contribution in [0.3, 0.4) is 0 Å². The van der Waals surface area contributed by atoms with Crippen LogP contribution in [0.2, 0.25) is 0 Å². The minimum absolute atomic E-state index is 0.00734. The lowest BCUT2D eigenvalue weighted by Gasteiger charge is -2.32. The molecule has 0 saturated heterocycles. The zero-order valence-electron chi connectivity index (χ0n) is 14.6. The molecule has 0 unspecified atom stereocenters. The number of urea groups is 1. The molecule has 0 heterocycles. The zero-order valence-corrected chi connectivity index (χ0v) is 14.6. The third-order valence-corrected chi connectivity index (χ3v) is 3.45. The van der Waals surface area contributed by atoms with Crippen LogP contribution in [0, 0.1) is 0 Å². The number of hydrogen-bond acceptors (Lipinski definition) is 3. The van der Waals surface area contributed by atoms with Crippen molar-refractivity contribution in [2.75, 3.05) is 30.4 Å². The summed E-state index contributed by atoms with van der Waals surface area (Å²) < 4.78 is 0. The summed E-state index contributed by atoms with van der Waals surface area (Å²) in [5.74, 6) is 0. The second-order valence-electron chi connectivity index (χ2n) is 6.53. The van der Waals surface area contributed by atoms with Gasteiger partial charge in [-0.3, -0.25) is 0 Å². The topological polar surface area (TPSA) is 55.8 Å². The van der Waals surface area contributed by atoms with Gasteiger partial charge in [0.05, 0.1) is 12.1 Å². The van der Waals surface area contributed by atoms with E-state index in [1.165, 1.54) is 0 Å². The quantitative estimate of drug-likeness (QED) is 0.849. The van der Waals surface area contributed by atoms with Gasteiger partial charge in [0, 0.05) is 31.0 Å². The van der Waals surface area contributed by atoms with Crippen molar-refractivity contribution in [1.29, 1.82) is 0 Å². The molecule has 0 bridgehead atoms. The number of amides is 2. The van der Waals surface area contributed by atoms with Crippen LogP contribution in [0.5, 0.6) is 0 Å². The first-order valence-corrected chi connectivity index (χ1v) is 7.75. The van der Waals surface area contributed by atoms with Crippen LogP contribution in [-0.2, 0) is 0 Å². The standard InChI is InChI=1S/C17H29N3O2/c1-7-19(6)15-10-8-9-14(11-15)18-16(21)20(13(2)3)12-17(4,5)22/h8-11,13,22H,7,12H2,1-6H3,(H,18,21). The normalized spacial score (nSPS) is 11.5. The van der Waals surface area contributed by atoms with Gasteiger partial charge in [0.15, 0.2) is 0 Å². The number of nitrogens with zero attached hydrogens (tertiary/aromatic N) is 2. The molecule has 0 aliphatic carbocycles. The Balaban J connectivity index is 2.85. The summed E-state index contributed by atoms with van der Waals surface area (Å²) in [6.45, 7) is 10.5. The molecule has 1 aromatic rings. The highest BCUT2D eigenvalue weighted by molar-refractivity contribution is 5.90. The monoisotopic (exact) mass is 307 g/mol. The number of rotatable bonds is 6. The fourth-order valence-electron chi connectivity index (χ4n) is 2.10. The van der Waals surface area contributed by atoms with Crippen molar-refractivity contribution < 1.29 is 9.90 Å². The first-order valence-electron chi connectivity index (χ1n) is 7.75. The predicted octanol–water partition coefficient (Wildman–Crippen LogP) is 3.16. The summed E-state index contributed by atoms with van der Waals surface area (Å²) in [7, 11) is 2.01. The van der Waals surface area contributed by atoms with E-state index >= 15 is 0 Å². The van der Waals surface area contributed by atoms with Crippen molar-refractivity contribution in [1.82, 2.24) is 4.90 Å². The molecule has 5 heteroatoms. The summed E-state index contributed by atoms with van der Waals surface area (Å²) in [6.07, 6.45) is 0. The Hall–Kier alpha value is -1.75. The van der Waals surface area contributed by atoms with Crippen LogP contribution in [-0.4, -0.2) is 47.8 Å². The summed E-state index contributed by atoms with van der Waals surface area (Å²) >= 11 is 0. The van der Waals surface area contributed by atoms with Gasteiger partial charge in [-0.1, -0.05) is 6.07 Å². The number of carbonyl (C=O) groups is 1. The molecule has 2 amide bonds. The lowest BCUT2D eigenvalue weighted by atomic mass is 10.1. The van der Waals surface area contributed by atoms with Crippen molar-refractivity contribution in [2.45, 2.75) is 46.3 Å². The van der Waals surface area contributed by atoms with E-state index in [4.69, 9.17) is 0 Å². The highest BCUT2D eigenvalue weighted by Crippen LogP contribution is 2.19. The lowest BCUT2D eigenvalue weighted by Crippen LogP contribution is -2.47. The molecular formula is C17H29N3O2. The second kappa shape index (κ2) is 7.49. The zero-order chi connectivity index (χ0) is 16.9. The van der Waals surface area contributed by atoms with Crippen LogP contribution in [0.1, 0.15) is 34.6 Å². The Morgan fingerprint density at radius 1 is 1.36 bits per heavy atom. The fourth-order valence-corrected chi connectivity index (χ4v) is 2.10. The number of nitrogens with one attached hydrogen (secondary N) is 1. The Kier molecular flexibility index (Phi) is 6.23. The maximum Gasteiger partial charge on any atom is 0.322 e. The molecule has 124 valence electrons. The van der Waals surface area contributed by atoms with E-state index in [1.807, 2.05) is 45.2 Å². The van der Waals surface area contributed by atoms with E-state index in [-0.39, 0.29) is 18.6 Å². The van der Waals surface area contributed by atoms with Crippen molar-refractivity contribution in [3.05, 3.63) is 24.3 Å². The molecule has 0 saturated carbocycles. The van der Waals surface area contributed by atoms with Crippen LogP contribution in [0.4, 0.5) is 16.2 Å². The Morgan fingerprint density at radius 3 is 2.50 bits per heavy atom. The average Bonchev–Trinajstić information content (AvgIpc) is 2.42. The summed E-state index contributed by atoms with van der Waals surface area (Å²) in [5.41, 5.74) is 0.884. The molecule has 0 aliphatic rings. The molecule has 0 spiro atoms. The highest BCUT2D eigenvalue weighted by Gasteiger charge is 2.24. The lowest BCUT2D eigenvalue weighted by molar-refractivity contribution is 0.0412. The van der Waals surface area contributed by atoms with E-state index in [2.05, 4.69) is 17.1 Å². The molecule has 2 N–H and O–H groups in total. The number of carbonyl (C=O) groups excluding carboxylic acids is 1. The third-order valence-electron chi connectivity index (χ3n) is 3.45. The van der Waals surface area contributed by atoms with Gasteiger partial charge in [0.1, 0.15) is 0 Å². The van der Waals surface area contributed by atoms with E-state index in [1.54, 1.807) is 18.7 Å². The van der Waals surface area contributed by atoms with Crippen LogP contribution in [0.15, 0.2) is 24.3 Å². The van der Waals surface area contributed by atoms with E-state index in [9.17, 15) is 9.90 Å². The van der Waals surface area contributed by atoms with Gasteiger partial charge < -0.3 is 20.2 Å². The van der Waals surface area contributed by atoms with Gasteiger partial charge in [0.25, 0.3) is 0 Å². The molecule has 0 aliphatic heterocycles. The van der Waals surface area contributed by atoms with Crippen molar-refractivity contribution in [3.8, 4) is 0 Å². The molecule has 0 aromatic heterocycles. The van der Waals surface area contributed by atoms with Gasteiger partial charge in [-0.05, 0) is 52.8 Å². The van der Waals surface area contributed by atoms with Gasteiger partial charge in [0.2, 0.25) is 0 Å². The smallest absolute Gasteiger partial charge is 0.322 e. The maximum absolute atomic E-state index is 12.5. The largest absolute Gasteiger partial charge is 0.389 e. The second-order valence-corrected chi connectivity index (χ2v) is 6.53. The Morgan fingerprint density at radius 2 is 2.00 bits per heavy atom. The van der Waals surface area contributed by atoms with Crippen LogP contribution >= 0.6 is 0 Å². The first-order chi connectivity index (χ1) is 10.1. The molecule has 0 fully saturated rings. The van der Waals surface area contributed by atoms with Crippen LogP contribution < -0.4 is 10.2 Å². The molecule has 0 radical (unpaired) electrons. The summed E-state index contributed by atoms with van der Waals surface area (Å²) in [6, 6.07) is 7.56. The summed E-state index contributed by atoms with van der Waals surface area (Å²) in [5, 5.41) is 12.9. The van der Waals surface area contributed by atoms with Gasteiger partial charge in [-0.2, -0.15) is 0 Å². The number of anilines is 2. The Labute approximate surface area is 133 Å². The van der Waals surface area contributed by atoms with Crippen molar-refractivity contribution >= 4 is 17.4 Å². The van der Waals surface area contributed by atoms with Crippen molar-refractivity contribution in [3.63, 3.8) is 0 Å². The number of benzene rings is 1. The number of aliphatic hydroxyl groups is 1. The molecule has 1 aromatic carbocycles. The van der Waals surface area contributed by atoms with Gasteiger partial charge >= 0.3 is 6.03 Å². The molecular weight excluding hydrogens is 278 g/mol. The predicted molar refractivity (Wildman–Crippen MR) is 92.5 cm³/mol. The van der Waals surface area contributed by atoms with Crippen LogP contribution in [0.25, 0.3) is 0 Å². The number of hydrogen-bond donors (Lipinski definition) is 2. The molecule has 0 atom stereocenters. The minimum Gasteiger partial charge on any atom is -0.389 e. The summed E-state index contributed by atoms with van der Waals surface area (Å²) in [4.78, 5) is 16.2. The van der Waals surface area contributed by atoms with E-state index in [0.717, 1.165) is 17.9 Å². The van der Waals surface area contributed by atoms with E-state index < -0.39 is 5.60 Å².